The molecule has 0 radical (unpaired) electrons. The van der Waals surface area contributed by atoms with E-state index < -0.39 is 0 Å². The number of nitrogens with one attached hydrogen (secondary N) is 2. The molecule has 0 aromatic heterocycles. The molecule has 86 valence electrons. The second kappa shape index (κ2) is 4.56. The first-order valence-corrected chi connectivity index (χ1v) is 5.77. The van der Waals surface area contributed by atoms with Gasteiger partial charge in [-0.2, -0.15) is 0 Å². The minimum Gasteiger partial charge on any atom is -0.382 e. The highest BCUT2D eigenvalue weighted by atomic mass is 16.1. The minimum absolute atomic E-state index is 0.0329. The Morgan fingerprint density at radius 1 is 1.31 bits per heavy atom. The van der Waals surface area contributed by atoms with E-state index in [1.54, 1.807) is 0 Å². The molecule has 1 aliphatic rings. The molecule has 3 nitrogen and oxygen atoms in total. The normalized spacial score (nSPS) is 23.4. The Balaban J connectivity index is 1.96. The molecule has 1 saturated carbocycles. The van der Waals surface area contributed by atoms with Crippen LogP contribution in [0.1, 0.15) is 26.7 Å². The fourth-order valence-electron chi connectivity index (χ4n) is 2.15. The van der Waals surface area contributed by atoms with E-state index in [1.165, 1.54) is 19.8 Å². The van der Waals surface area contributed by atoms with Crippen LogP contribution in [0.25, 0.3) is 0 Å². The lowest BCUT2D eigenvalue weighted by molar-refractivity contribution is -0.114. The number of carbonyl (C=O) groups is 1. The van der Waals surface area contributed by atoms with Crippen LogP contribution < -0.4 is 10.6 Å². The third kappa shape index (κ3) is 2.75. The van der Waals surface area contributed by atoms with Crippen LogP contribution in [0.4, 0.5) is 11.4 Å². The Morgan fingerprint density at radius 2 is 2.00 bits per heavy atom. The van der Waals surface area contributed by atoms with Crippen LogP contribution in [-0.4, -0.2) is 11.9 Å². The molecule has 0 saturated heterocycles. The van der Waals surface area contributed by atoms with Gasteiger partial charge >= 0.3 is 0 Å². The number of hydrogen-bond acceptors (Lipinski definition) is 2. The van der Waals surface area contributed by atoms with Crippen molar-refractivity contribution in [3.8, 4) is 0 Å². The second-order valence-electron chi connectivity index (χ2n) is 4.68. The van der Waals surface area contributed by atoms with E-state index in [0.29, 0.717) is 6.04 Å². The van der Waals surface area contributed by atoms with Crippen LogP contribution in [0.5, 0.6) is 0 Å². The molecule has 1 amide bonds. The van der Waals surface area contributed by atoms with E-state index in [1.807, 2.05) is 24.3 Å². The van der Waals surface area contributed by atoms with Gasteiger partial charge in [0.25, 0.3) is 0 Å². The molecule has 1 aromatic rings. The topological polar surface area (TPSA) is 41.1 Å². The summed E-state index contributed by atoms with van der Waals surface area (Å²) in [5, 5.41) is 6.26. The molecule has 0 aliphatic heterocycles. The summed E-state index contributed by atoms with van der Waals surface area (Å²) in [6, 6.07) is 8.47. The van der Waals surface area contributed by atoms with Crippen molar-refractivity contribution in [1.29, 1.82) is 0 Å². The molecule has 2 N–H and O–H groups in total. The Morgan fingerprint density at radius 3 is 2.62 bits per heavy atom. The SMILES string of the molecule is CC(=O)Nc1cccc(NC2CC(C)C2)c1. The number of anilines is 2. The van der Waals surface area contributed by atoms with Crippen molar-refractivity contribution in [2.24, 2.45) is 5.92 Å². The molecule has 2 rings (SSSR count). The lowest BCUT2D eigenvalue weighted by Gasteiger charge is -2.34. The monoisotopic (exact) mass is 218 g/mol. The van der Waals surface area contributed by atoms with Gasteiger partial charge in [-0.15, -0.1) is 0 Å². The van der Waals surface area contributed by atoms with Gasteiger partial charge in [0.15, 0.2) is 0 Å². The van der Waals surface area contributed by atoms with Crippen LogP contribution in [0, 0.1) is 5.92 Å². The molecule has 1 aliphatic carbocycles. The van der Waals surface area contributed by atoms with E-state index in [0.717, 1.165) is 17.3 Å². The maximum absolute atomic E-state index is 10.9. The lowest BCUT2D eigenvalue weighted by Crippen LogP contribution is -2.33. The summed E-state index contributed by atoms with van der Waals surface area (Å²) in [4.78, 5) is 10.9. The molecule has 0 bridgehead atoms. The number of rotatable bonds is 3. The first-order valence-electron chi connectivity index (χ1n) is 5.77. The van der Waals surface area contributed by atoms with Gasteiger partial charge in [-0.25, -0.2) is 0 Å². The Bertz CT molecular complexity index is 383. The van der Waals surface area contributed by atoms with E-state index in [-0.39, 0.29) is 5.91 Å². The molecular weight excluding hydrogens is 200 g/mol. The van der Waals surface area contributed by atoms with E-state index >= 15 is 0 Å². The number of amides is 1. The van der Waals surface area contributed by atoms with Crippen molar-refractivity contribution in [1.82, 2.24) is 0 Å². The van der Waals surface area contributed by atoms with Crippen molar-refractivity contribution >= 4 is 17.3 Å². The number of hydrogen-bond donors (Lipinski definition) is 2. The smallest absolute Gasteiger partial charge is 0.221 e. The minimum atomic E-state index is -0.0329. The van der Waals surface area contributed by atoms with Gasteiger partial charge in [-0.1, -0.05) is 13.0 Å². The average molecular weight is 218 g/mol. The molecule has 3 heteroatoms. The highest BCUT2D eigenvalue weighted by Gasteiger charge is 2.24. The highest BCUT2D eigenvalue weighted by molar-refractivity contribution is 5.89. The van der Waals surface area contributed by atoms with Gasteiger partial charge in [-0.3, -0.25) is 4.79 Å². The standard InChI is InChI=1S/C13H18N2O/c1-9-6-13(7-9)15-12-5-3-4-11(8-12)14-10(2)16/h3-5,8-9,13,15H,6-7H2,1-2H3,(H,14,16). The first-order chi connectivity index (χ1) is 7.63. The lowest BCUT2D eigenvalue weighted by atomic mass is 9.82. The third-order valence-corrected chi connectivity index (χ3v) is 2.93. The van der Waals surface area contributed by atoms with Crippen molar-refractivity contribution in [3.05, 3.63) is 24.3 Å². The third-order valence-electron chi connectivity index (χ3n) is 2.93. The Hall–Kier alpha value is -1.51. The van der Waals surface area contributed by atoms with Crippen molar-refractivity contribution < 1.29 is 4.79 Å². The summed E-state index contributed by atoms with van der Waals surface area (Å²) >= 11 is 0. The van der Waals surface area contributed by atoms with Crippen LogP contribution in [0.3, 0.4) is 0 Å². The van der Waals surface area contributed by atoms with Crippen LogP contribution in [0.15, 0.2) is 24.3 Å². The molecule has 0 unspecified atom stereocenters. The largest absolute Gasteiger partial charge is 0.382 e. The average Bonchev–Trinajstić information content (AvgIpc) is 2.15. The van der Waals surface area contributed by atoms with E-state index in [2.05, 4.69) is 17.6 Å². The van der Waals surface area contributed by atoms with Crippen LogP contribution in [0.2, 0.25) is 0 Å². The highest BCUT2D eigenvalue weighted by Crippen LogP contribution is 2.29. The predicted octanol–water partition coefficient (Wildman–Crippen LogP) is 2.86. The zero-order valence-electron chi connectivity index (χ0n) is 9.79. The fourth-order valence-corrected chi connectivity index (χ4v) is 2.15. The van der Waals surface area contributed by atoms with Crippen molar-refractivity contribution in [2.45, 2.75) is 32.7 Å². The van der Waals surface area contributed by atoms with Gasteiger partial charge in [-0.05, 0) is 37.0 Å². The Labute approximate surface area is 96.2 Å². The molecule has 1 aromatic carbocycles. The summed E-state index contributed by atoms with van der Waals surface area (Å²) in [5.74, 6) is 0.811. The van der Waals surface area contributed by atoms with Crippen molar-refractivity contribution in [3.63, 3.8) is 0 Å². The summed E-state index contributed by atoms with van der Waals surface area (Å²) in [5.41, 5.74) is 1.94. The summed E-state index contributed by atoms with van der Waals surface area (Å²) in [7, 11) is 0. The molecule has 0 heterocycles. The molecule has 1 fully saturated rings. The van der Waals surface area contributed by atoms with Gasteiger partial charge in [0.1, 0.15) is 0 Å². The van der Waals surface area contributed by atoms with Crippen LogP contribution in [-0.2, 0) is 4.79 Å². The van der Waals surface area contributed by atoms with Gasteiger partial charge < -0.3 is 10.6 Å². The number of carbonyl (C=O) groups excluding carboxylic acids is 1. The summed E-state index contributed by atoms with van der Waals surface area (Å²) in [6.45, 7) is 3.79. The predicted molar refractivity (Wildman–Crippen MR) is 66.6 cm³/mol. The van der Waals surface area contributed by atoms with Crippen LogP contribution >= 0.6 is 0 Å². The molecular formula is C13H18N2O. The zero-order chi connectivity index (χ0) is 11.5. The molecule has 16 heavy (non-hydrogen) atoms. The maximum atomic E-state index is 10.9. The van der Waals surface area contributed by atoms with Gasteiger partial charge in [0.05, 0.1) is 0 Å². The Kier molecular flexibility index (Phi) is 3.13. The van der Waals surface area contributed by atoms with Gasteiger partial charge in [0, 0.05) is 24.3 Å². The van der Waals surface area contributed by atoms with E-state index in [4.69, 9.17) is 0 Å². The van der Waals surface area contributed by atoms with E-state index in [9.17, 15) is 4.79 Å². The molecule has 0 spiro atoms. The van der Waals surface area contributed by atoms with Crippen molar-refractivity contribution in [2.75, 3.05) is 10.6 Å². The number of benzene rings is 1. The maximum Gasteiger partial charge on any atom is 0.221 e. The second-order valence-corrected chi connectivity index (χ2v) is 4.68. The zero-order valence-corrected chi connectivity index (χ0v) is 9.79. The quantitative estimate of drug-likeness (QED) is 0.819. The molecule has 0 atom stereocenters. The first kappa shape index (κ1) is 11.0. The summed E-state index contributed by atoms with van der Waals surface area (Å²) < 4.78 is 0. The summed E-state index contributed by atoms with van der Waals surface area (Å²) in [6.07, 6.45) is 2.48. The van der Waals surface area contributed by atoms with Gasteiger partial charge in [0.2, 0.25) is 5.91 Å². The fraction of sp³-hybridized carbons (Fsp3) is 0.462.